The van der Waals surface area contributed by atoms with Gasteiger partial charge in [0.15, 0.2) is 5.78 Å². The molecule has 0 aliphatic heterocycles. The molecule has 128 valence electrons. The minimum atomic E-state index is -1.36. The normalized spacial score (nSPS) is 17.6. The van der Waals surface area contributed by atoms with Crippen LogP contribution in [0.4, 0.5) is 0 Å². The molecule has 6 nitrogen and oxygen atoms in total. The zero-order valence-electron chi connectivity index (χ0n) is 13.7. The molecule has 2 rings (SSSR count). The van der Waals surface area contributed by atoms with Crippen LogP contribution in [0.25, 0.3) is 0 Å². The molecule has 0 saturated heterocycles. The van der Waals surface area contributed by atoms with E-state index in [2.05, 4.69) is 0 Å². The molecule has 0 saturated carbocycles. The number of carbonyl (C=O) groups excluding carboxylic acids is 2. The fourth-order valence-electron chi connectivity index (χ4n) is 2.67. The second kappa shape index (κ2) is 6.88. The van der Waals surface area contributed by atoms with Crippen LogP contribution in [0.2, 0.25) is 0 Å². The summed E-state index contributed by atoms with van der Waals surface area (Å²) >= 11 is 0. The molecule has 2 unspecified atom stereocenters. The summed E-state index contributed by atoms with van der Waals surface area (Å²) in [5.41, 5.74) is 0.938. The molecule has 0 heterocycles. The molecular weight excluding hydrogens is 312 g/mol. The Hall–Kier alpha value is -2.60. The molecule has 24 heavy (non-hydrogen) atoms. The van der Waals surface area contributed by atoms with Crippen molar-refractivity contribution in [1.29, 1.82) is 0 Å². The van der Waals surface area contributed by atoms with Gasteiger partial charge in [-0.05, 0) is 32.1 Å². The Morgan fingerprint density at radius 1 is 1.25 bits per heavy atom. The van der Waals surface area contributed by atoms with Crippen LogP contribution in [-0.4, -0.2) is 33.2 Å². The maximum absolute atomic E-state index is 12.3. The minimum absolute atomic E-state index is 0.0770. The van der Waals surface area contributed by atoms with Crippen LogP contribution in [0, 0.1) is 0 Å². The maximum Gasteiger partial charge on any atom is 0.303 e. The maximum atomic E-state index is 12.3. The van der Waals surface area contributed by atoms with Crippen molar-refractivity contribution in [2.75, 3.05) is 0 Å². The summed E-state index contributed by atoms with van der Waals surface area (Å²) in [6, 6.07) is 2.38. The van der Waals surface area contributed by atoms with E-state index < -0.39 is 24.0 Å². The predicted molar refractivity (Wildman–Crippen MR) is 86.7 cm³/mol. The molecular formula is C18H20O6. The van der Waals surface area contributed by atoms with E-state index in [1.54, 1.807) is 0 Å². The summed E-state index contributed by atoms with van der Waals surface area (Å²) in [5, 5.41) is 30.4. The molecule has 0 aromatic heterocycles. The third-order valence-corrected chi connectivity index (χ3v) is 3.75. The highest BCUT2D eigenvalue weighted by molar-refractivity contribution is 6.10. The number of phenols is 2. The second-order valence-electron chi connectivity index (χ2n) is 5.92. The van der Waals surface area contributed by atoms with Crippen LogP contribution < -0.4 is 0 Å². The Kier molecular flexibility index (Phi) is 5.09. The van der Waals surface area contributed by atoms with Gasteiger partial charge in [0, 0.05) is 24.5 Å². The van der Waals surface area contributed by atoms with Crippen molar-refractivity contribution in [1.82, 2.24) is 0 Å². The van der Waals surface area contributed by atoms with Gasteiger partial charge in [-0.3, -0.25) is 9.59 Å². The first-order valence-electron chi connectivity index (χ1n) is 7.51. The van der Waals surface area contributed by atoms with Crippen molar-refractivity contribution in [2.45, 2.75) is 39.4 Å². The van der Waals surface area contributed by atoms with Crippen LogP contribution >= 0.6 is 0 Å². The van der Waals surface area contributed by atoms with Gasteiger partial charge in [0.2, 0.25) is 0 Å². The van der Waals surface area contributed by atoms with Crippen LogP contribution in [0.3, 0.4) is 0 Å². The standard InChI is InChI=1S/C18H20O6/c1-9(2)4-7-15(24-10(3)19)11-8-14(22)16-12(20)5-6-13(21)17(16)18(11)23/h4-6,8,15,18,20-21,23H,7H2,1-3H3. The average Bonchev–Trinajstić information content (AvgIpc) is 2.49. The van der Waals surface area contributed by atoms with Crippen molar-refractivity contribution in [3.63, 3.8) is 0 Å². The van der Waals surface area contributed by atoms with E-state index in [9.17, 15) is 24.9 Å². The molecule has 0 amide bonds. The smallest absolute Gasteiger partial charge is 0.303 e. The van der Waals surface area contributed by atoms with E-state index in [0.29, 0.717) is 0 Å². The monoisotopic (exact) mass is 332 g/mol. The Labute approximate surface area is 139 Å². The summed E-state index contributed by atoms with van der Waals surface area (Å²) in [4.78, 5) is 23.7. The average molecular weight is 332 g/mol. The number of esters is 1. The lowest BCUT2D eigenvalue weighted by Crippen LogP contribution is -2.27. The van der Waals surface area contributed by atoms with Gasteiger partial charge < -0.3 is 20.1 Å². The quantitative estimate of drug-likeness (QED) is 0.445. The molecule has 3 N–H and O–H groups in total. The molecule has 1 aromatic carbocycles. The van der Waals surface area contributed by atoms with Crippen LogP contribution in [0.5, 0.6) is 11.5 Å². The van der Waals surface area contributed by atoms with Gasteiger partial charge in [0.1, 0.15) is 23.7 Å². The Bertz CT molecular complexity index is 740. The zero-order valence-corrected chi connectivity index (χ0v) is 13.7. The number of hydrogen-bond donors (Lipinski definition) is 3. The number of allylic oxidation sites excluding steroid dienone is 2. The molecule has 1 aromatic rings. The fourth-order valence-corrected chi connectivity index (χ4v) is 2.67. The number of fused-ring (bicyclic) bond motifs is 1. The van der Waals surface area contributed by atoms with Gasteiger partial charge in [-0.2, -0.15) is 0 Å². The Balaban J connectivity index is 2.49. The van der Waals surface area contributed by atoms with E-state index in [4.69, 9.17) is 4.74 Å². The molecule has 0 bridgehead atoms. The van der Waals surface area contributed by atoms with Crippen molar-refractivity contribution in [3.05, 3.63) is 46.6 Å². The topological polar surface area (TPSA) is 104 Å². The summed E-state index contributed by atoms with van der Waals surface area (Å²) < 4.78 is 5.24. The largest absolute Gasteiger partial charge is 0.508 e. The third kappa shape index (κ3) is 3.49. The zero-order chi connectivity index (χ0) is 18.0. The number of aliphatic hydroxyl groups excluding tert-OH is 1. The SMILES string of the molecule is CC(=O)OC(CC=C(C)C)C1=CC(=O)c2c(O)ccc(O)c2C1O. The van der Waals surface area contributed by atoms with Crippen molar-refractivity contribution in [3.8, 4) is 11.5 Å². The van der Waals surface area contributed by atoms with Crippen LogP contribution in [0.15, 0.2) is 35.4 Å². The van der Waals surface area contributed by atoms with Crippen molar-refractivity contribution in [2.24, 2.45) is 0 Å². The number of ketones is 1. The number of rotatable bonds is 4. The number of phenolic OH excluding ortho intramolecular Hbond substituents is 2. The first-order valence-corrected chi connectivity index (χ1v) is 7.51. The Morgan fingerprint density at radius 3 is 2.46 bits per heavy atom. The lowest BCUT2D eigenvalue weighted by molar-refractivity contribution is -0.145. The summed E-state index contributed by atoms with van der Waals surface area (Å²) in [6.07, 6.45) is 1.06. The summed E-state index contributed by atoms with van der Waals surface area (Å²) in [7, 11) is 0. The number of carbonyl (C=O) groups is 2. The number of aromatic hydroxyl groups is 2. The molecule has 0 spiro atoms. The first kappa shape index (κ1) is 17.7. The van der Waals surface area contributed by atoms with Crippen LogP contribution in [0.1, 0.15) is 49.2 Å². The highest BCUT2D eigenvalue weighted by Gasteiger charge is 2.35. The number of ether oxygens (including phenoxy) is 1. The van der Waals surface area contributed by atoms with E-state index >= 15 is 0 Å². The van der Waals surface area contributed by atoms with Gasteiger partial charge in [0.25, 0.3) is 0 Å². The second-order valence-corrected chi connectivity index (χ2v) is 5.92. The van der Waals surface area contributed by atoms with Gasteiger partial charge in [-0.15, -0.1) is 0 Å². The van der Waals surface area contributed by atoms with E-state index in [1.807, 2.05) is 19.9 Å². The van der Waals surface area contributed by atoms with Crippen LogP contribution in [-0.2, 0) is 9.53 Å². The van der Waals surface area contributed by atoms with E-state index in [-0.39, 0.29) is 34.6 Å². The summed E-state index contributed by atoms with van der Waals surface area (Å²) in [5.74, 6) is -1.74. The molecule has 0 fully saturated rings. The number of hydrogen-bond acceptors (Lipinski definition) is 6. The van der Waals surface area contributed by atoms with Gasteiger partial charge in [-0.25, -0.2) is 0 Å². The van der Waals surface area contributed by atoms with E-state index in [0.717, 1.165) is 11.6 Å². The minimum Gasteiger partial charge on any atom is -0.508 e. The molecule has 1 aliphatic rings. The van der Waals surface area contributed by atoms with Gasteiger partial charge >= 0.3 is 5.97 Å². The van der Waals surface area contributed by atoms with Gasteiger partial charge in [0.05, 0.1) is 5.56 Å². The molecule has 6 heteroatoms. The Morgan fingerprint density at radius 2 is 1.88 bits per heavy atom. The molecule has 2 atom stereocenters. The summed E-state index contributed by atoms with van der Waals surface area (Å²) in [6.45, 7) is 4.99. The predicted octanol–water partition coefficient (Wildman–Crippen LogP) is 2.54. The van der Waals surface area contributed by atoms with Crippen molar-refractivity contribution < 1.29 is 29.6 Å². The number of benzene rings is 1. The highest BCUT2D eigenvalue weighted by atomic mass is 16.5. The molecule has 0 radical (unpaired) electrons. The van der Waals surface area contributed by atoms with Crippen molar-refractivity contribution >= 4 is 11.8 Å². The fraction of sp³-hybridized carbons (Fsp3) is 0.333. The highest BCUT2D eigenvalue weighted by Crippen LogP contribution is 2.42. The lowest BCUT2D eigenvalue weighted by atomic mass is 9.84. The number of aliphatic hydroxyl groups is 1. The lowest BCUT2D eigenvalue weighted by Gasteiger charge is -2.28. The first-order chi connectivity index (χ1) is 11.2. The van der Waals surface area contributed by atoms with E-state index in [1.165, 1.54) is 19.1 Å². The third-order valence-electron chi connectivity index (χ3n) is 3.75. The molecule has 1 aliphatic carbocycles. The van der Waals surface area contributed by atoms with Gasteiger partial charge in [-0.1, -0.05) is 11.6 Å².